The van der Waals surface area contributed by atoms with Gasteiger partial charge in [-0.2, -0.15) is 0 Å². The molecule has 0 radical (unpaired) electrons. The zero-order valence-corrected chi connectivity index (χ0v) is 12.3. The molecule has 114 valence electrons. The molecule has 0 aliphatic rings. The van der Waals surface area contributed by atoms with Crippen molar-refractivity contribution in [1.82, 2.24) is 10.6 Å². The summed E-state index contributed by atoms with van der Waals surface area (Å²) in [5.74, 6) is -1.42. The summed E-state index contributed by atoms with van der Waals surface area (Å²) in [6.07, 6.45) is 0. The van der Waals surface area contributed by atoms with Crippen molar-refractivity contribution < 1.29 is 19.5 Å². The first kappa shape index (κ1) is 16.8. The molecule has 0 saturated heterocycles. The van der Waals surface area contributed by atoms with E-state index in [0.29, 0.717) is 6.54 Å². The Morgan fingerprint density at radius 3 is 2.52 bits per heavy atom. The second-order valence-corrected chi connectivity index (χ2v) is 4.62. The van der Waals surface area contributed by atoms with E-state index in [0.717, 1.165) is 0 Å². The molecule has 1 aromatic rings. The summed E-state index contributed by atoms with van der Waals surface area (Å²) in [7, 11) is 0. The number of anilines is 1. The number of carboxylic acid groups (broad SMARTS) is 1. The molecule has 1 rings (SSSR count). The van der Waals surface area contributed by atoms with Crippen LogP contribution in [0.1, 0.15) is 24.2 Å². The van der Waals surface area contributed by atoms with Crippen LogP contribution in [-0.2, 0) is 4.79 Å². The Morgan fingerprint density at radius 1 is 1.33 bits per heavy atom. The van der Waals surface area contributed by atoms with E-state index in [-0.39, 0.29) is 22.2 Å². The highest BCUT2D eigenvalue weighted by Gasteiger charge is 2.15. The molecule has 0 spiro atoms. The Kier molecular flexibility index (Phi) is 5.98. The number of carboxylic acids is 1. The molecule has 21 heavy (non-hydrogen) atoms. The fraction of sp³-hybridized carbons (Fsp3) is 0.308. The van der Waals surface area contributed by atoms with Crippen molar-refractivity contribution in [1.29, 1.82) is 0 Å². The number of amides is 3. The van der Waals surface area contributed by atoms with Crippen LogP contribution in [0.25, 0.3) is 0 Å². The highest BCUT2D eigenvalue weighted by molar-refractivity contribution is 6.34. The van der Waals surface area contributed by atoms with Crippen molar-refractivity contribution in [3.8, 4) is 0 Å². The lowest BCUT2D eigenvalue weighted by Crippen LogP contribution is -2.46. The number of carbonyl (C=O) groups excluding carboxylic acids is 2. The SMILES string of the molecule is CCNC(=O)C(C)NC(=O)Nc1ccc(C(=O)O)cc1Cl. The van der Waals surface area contributed by atoms with Gasteiger partial charge in [0.25, 0.3) is 0 Å². The van der Waals surface area contributed by atoms with Crippen molar-refractivity contribution in [2.24, 2.45) is 0 Å². The van der Waals surface area contributed by atoms with Gasteiger partial charge in [-0.3, -0.25) is 4.79 Å². The smallest absolute Gasteiger partial charge is 0.335 e. The summed E-state index contributed by atoms with van der Waals surface area (Å²) in [6.45, 7) is 3.78. The van der Waals surface area contributed by atoms with Gasteiger partial charge in [-0.15, -0.1) is 0 Å². The molecule has 0 bridgehead atoms. The number of nitrogens with one attached hydrogen (secondary N) is 3. The van der Waals surface area contributed by atoms with Crippen molar-refractivity contribution in [3.05, 3.63) is 28.8 Å². The molecule has 1 unspecified atom stereocenters. The largest absolute Gasteiger partial charge is 0.478 e. The first-order valence-corrected chi connectivity index (χ1v) is 6.61. The fourth-order valence-corrected chi connectivity index (χ4v) is 1.73. The van der Waals surface area contributed by atoms with Crippen LogP contribution in [0.4, 0.5) is 10.5 Å². The first-order chi connectivity index (χ1) is 9.85. The Hall–Kier alpha value is -2.28. The molecular weight excluding hydrogens is 298 g/mol. The van der Waals surface area contributed by atoms with E-state index in [4.69, 9.17) is 16.7 Å². The maximum Gasteiger partial charge on any atom is 0.335 e. The van der Waals surface area contributed by atoms with E-state index in [2.05, 4.69) is 16.0 Å². The van der Waals surface area contributed by atoms with Gasteiger partial charge < -0.3 is 21.1 Å². The van der Waals surface area contributed by atoms with E-state index in [1.807, 2.05) is 0 Å². The maximum atomic E-state index is 11.7. The predicted molar refractivity (Wildman–Crippen MR) is 78.7 cm³/mol. The second-order valence-electron chi connectivity index (χ2n) is 4.21. The van der Waals surface area contributed by atoms with E-state index in [1.165, 1.54) is 18.2 Å². The number of urea groups is 1. The van der Waals surface area contributed by atoms with Crippen LogP contribution in [0.3, 0.4) is 0 Å². The van der Waals surface area contributed by atoms with E-state index >= 15 is 0 Å². The van der Waals surface area contributed by atoms with Gasteiger partial charge in [-0.05, 0) is 32.0 Å². The van der Waals surface area contributed by atoms with Crippen molar-refractivity contribution in [3.63, 3.8) is 0 Å². The summed E-state index contributed by atoms with van der Waals surface area (Å²) in [6, 6.07) is 2.60. The van der Waals surface area contributed by atoms with Crippen LogP contribution in [0.15, 0.2) is 18.2 Å². The molecule has 1 atom stereocenters. The predicted octanol–water partition coefficient (Wildman–Crippen LogP) is 1.68. The van der Waals surface area contributed by atoms with Crippen molar-refractivity contribution in [2.75, 3.05) is 11.9 Å². The third-order valence-electron chi connectivity index (χ3n) is 2.56. The molecule has 0 fully saturated rings. The van der Waals surface area contributed by atoms with E-state index < -0.39 is 18.0 Å². The minimum absolute atomic E-state index is 0.0154. The number of hydrogen-bond donors (Lipinski definition) is 4. The van der Waals surface area contributed by atoms with Gasteiger partial charge in [0.2, 0.25) is 5.91 Å². The third-order valence-corrected chi connectivity index (χ3v) is 2.87. The molecule has 1 aromatic carbocycles. The lowest BCUT2D eigenvalue weighted by molar-refractivity contribution is -0.122. The molecule has 0 heterocycles. The van der Waals surface area contributed by atoms with Crippen LogP contribution in [-0.4, -0.2) is 35.6 Å². The second kappa shape index (κ2) is 7.49. The summed E-state index contributed by atoms with van der Waals surface area (Å²) in [4.78, 5) is 34.0. The summed E-state index contributed by atoms with van der Waals surface area (Å²) in [5.41, 5.74) is 0.268. The van der Waals surface area contributed by atoms with Crippen molar-refractivity contribution >= 4 is 35.2 Å². The number of benzene rings is 1. The summed E-state index contributed by atoms with van der Waals surface area (Å²) >= 11 is 5.88. The van der Waals surface area contributed by atoms with Gasteiger partial charge >= 0.3 is 12.0 Å². The van der Waals surface area contributed by atoms with Crippen molar-refractivity contribution in [2.45, 2.75) is 19.9 Å². The van der Waals surface area contributed by atoms with Gasteiger partial charge in [0.1, 0.15) is 6.04 Å². The zero-order valence-electron chi connectivity index (χ0n) is 11.6. The van der Waals surface area contributed by atoms with Crippen LogP contribution in [0.2, 0.25) is 5.02 Å². The topological polar surface area (TPSA) is 108 Å². The average Bonchev–Trinajstić information content (AvgIpc) is 2.40. The van der Waals surface area contributed by atoms with E-state index in [9.17, 15) is 14.4 Å². The molecule has 8 heteroatoms. The van der Waals surface area contributed by atoms with Crippen LogP contribution in [0.5, 0.6) is 0 Å². The molecule has 0 aliphatic carbocycles. The number of halogens is 1. The Morgan fingerprint density at radius 2 is 2.00 bits per heavy atom. The van der Waals surface area contributed by atoms with Crippen LogP contribution >= 0.6 is 11.6 Å². The Bertz CT molecular complexity index is 562. The minimum Gasteiger partial charge on any atom is -0.478 e. The normalized spacial score (nSPS) is 11.4. The minimum atomic E-state index is -1.11. The van der Waals surface area contributed by atoms with E-state index in [1.54, 1.807) is 13.8 Å². The standard InChI is InChI=1S/C13H16ClN3O4/c1-3-15-11(18)7(2)16-13(21)17-10-5-4-8(12(19)20)6-9(10)14/h4-7H,3H2,1-2H3,(H,15,18)(H,19,20)(H2,16,17,21). The van der Waals surface area contributed by atoms with Gasteiger partial charge in [0, 0.05) is 6.54 Å². The molecule has 3 amide bonds. The van der Waals surface area contributed by atoms with Crippen LogP contribution in [0, 0.1) is 0 Å². The molecule has 0 aliphatic heterocycles. The average molecular weight is 314 g/mol. The molecular formula is C13H16ClN3O4. The summed E-state index contributed by atoms with van der Waals surface area (Å²) in [5, 5.41) is 16.4. The quantitative estimate of drug-likeness (QED) is 0.663. The van der Waals surface area contributed by atoms with Gasteiger partial charge in [0.05, 0.1) is 16.3 Å². The molecule has 0 saturated carbocycles. The first-order valence-electron chi connectivity index (χ1n) is 6.23. The fourth-order valence-electron chi connectivity index (χ4n) is 1.50. The third kappa shape index (κ3) is 4.96. The van der Waals surface area contributed by atoms with Gasteiger partial charge in [-0.1, -0.05) is 11.6 Å². The van der Waals surface area contributed by atoms with Gasteiger partial charge in [0.15, 0.2) is 0 Å². The lowest BCUT2D eigenvalue weighted by Gasteiger charge is -2.14. The lowest BCUT2D eigenvalue weighted by atomic mass is 10.2. The highest BCUT2D eigenvalue weighted by atomic mass is 35.5. The van der Waals surface area contributed by atoms with Gasteiger partial charge in [-0.25, -0.2) is 9.59 Å². The molecule has 0 aromatic heterocycles. The Balaban J connectivity index is 2.67. The zero-order chi connectivity index (χ0) is 16.0. The number of hydrogen-bond acceptors (Lipinski definition) is 3. The number of rotatable bonds is 5. The number of aromatic carboxylic acids is 1. The monoisotopic (exact) mass is 313 g/mol. The summed E-state index contributed by atoms with van der Waals surface area (Å²) < 4.78 is 0. The number of carbonyl (C=O) groups is 3. The van der Waals surface area contributed by atoms with Crippen LogP contribution < -0.4 is 16.0 Å². The molecule has 4 N–H and O–H groups in total. The molecule has 7 nitrogen and oxygen atoms in total. The highest BCUT2D eigenvalue weighted by Crippen LogP contribution is 2.22. The maximum absolute atomic E-state index is 11.7. The Labute approximate surface area is 126 Å². The number of likely N-dealkylation sites (N-methyl/N-ethyl adjacent to an activating group) is 1.